The number of carbonyl (C=O) groups excluding carboxylic acids is 1. The van der Waals surface area contributed by atoms with Crippen LogP contribution in [0.4, 0.5) is 0 Å². The number of ketones is 1. The Hall–Kier alpha value is -1.03. The van der Waals surface area contributed by atoms with Crippen molar-refractivity contribution in [1.29, 1.82) is 0 Å². The standard InChI is InChI=1S/C11H13NO2S/c1-7(13)9-5-8-3-4-15-6-10(8)12-11(9)14-2/h5H,3-4,6H2,1-2H3. The minimum absolute atomic E-state index is 0.0142. The lowest BCUT2D eigenvalue weighted by Crippen LogP contribution is -2.09. The van der Waals surface area contributed by atoms with Gasteiger partial charge in [0.15, 0.2) is 5.78 Å². The second-order valence-corrected chi connectivity index (χ2v) is 4.61. The van der Waals surface area contributed by atoms with Gasteiger partial charge in [0, 0.05) is 5.75 Å². The number of nitrogens with zero attached hydrogens (tertiary/aromatic N) is 1. The number of thioether (sulfide) groups is 1. The van der Waals surface area contributed by atoms with Gasteiger partial charge in [0.25, 0.3) is 0 Å². The Kier molecular flexibility index (Phi) is 2.95. The molecule has 3 nitrogen and oxygen atoms in total. The normalized spacial score (nSPS) is 14.5. The smallest absolute Gasteiger partial charge is 0.224 e. The molecule has 0 N–H and O–H groups in total. The molecule has 4 heteroatoms. The Morgan fingerprint density at radius 3 is 3.07 bits per heavy atom. The van der Waals surface area contributed by atoms with Crippen LogP contribution in [0.25, 0.3) is 0 Å². The van der Waals surface area contributed by atoms with Gasteiger partial charge in [-0.1, -0.05) is 0 Å². The molecule has 80 valence electrons. The Balaban J connectivity index is 2.51. The molecule has 0 unspecified atom stereocenters. The maximum atomic E-state index is 11.4. The van der Waals surface area contributed by atoms with Crippen LogP contribution in [0.1, 0.15) is 28.5 Å². The van der Waals surface area contributed by atoms with Crippen molar-refractivity contribution in [2.24, 2.45) is 0 Å². The van der Waals surface area contributed by atoms with Crippen molar-refractivity contribution in [1.82, 2.24) is 4.98 Å². The third kappa shape index (κ3) is 2.00. The zero-order valence-corrected chi connectivity index (χ0v) is 9.69. The lowest BCUT2D eigenvalue weighted by Gasteiger charge is -2.16. The molecule has 0 amide bonds. The quantitative estimate of drug-likeness (QED) is 0.720. The highest BCUT2D eigenvalue weighted by atomic mass is 32.2. The number of rotatable bonds is 2. The zero-order chi connectivity index (χ0) is 10.8. The van der Waals surface area contributed by atoms with E-state index in [1.807, 2.05) is 17.8 Å². The van der Waals surface area contributed by atoms with E-state index in [4.69, 9.17) is 4.74 Å². The van der Waals surface area contributed by atoms with Crippen LogP contribution in [0.2, 0.25) is 0 Å². The summed E-state index contributed by atoms with van der Waals surface area (Å²) in [6, 6.07) is 1.93. The van der Waals surface area contributed by atoms with Crippen LogP contribution in [0.15, 0.2) is 6.07 Å². The van der Waals surface area contributed by atoms with Gasteiger partial charge < -0.3 is 4.74 Å². The average Bonchev–Trinajstić information content (AvgIpc) is 2.27. The van der Waals surface area contributed by atoms with Crippen molar-refractivity contribution < 1.29 is 9.53 Å². The minimum atomic E-state index is 0.0142. The maximum Gasteiger partial charge on any atom is 0.224 e. The summed E-state index contributed by atoms with van der Waals surface area (Å²) in [5.74, 6) is 2.51. The fraction of sp³-hybridized carbons (Fsp3) is 0.455. The van der Waals surface area contributed by atoms with Gasteiger partial charge in [0.05, 0.1) is 18.4 Å². The molecule has 2 heterocycles. The Morgan fingerprint density at radius 2 is 2.40 bits per heavy atom. The van der Waals surface area contributed by atoms with E-state index in [9.17, 15) is 4.79 Å². The van der Waals surface area contributed by atoms with Crippen molar-refractivity contribution in [3.63, 3.8) is 0 Å². The second kappa shape index (κ2) is 4.23. The summed E-state index contributed by atoms with van der Waals surface area (Å²) in [7, 11) is 1.55. The van der Waals surface area contributed by atoms with Crippen molar-refractivity contribution in [2.75, 3.05) is 12.9 Å². The van der Waals surface area contributed by atoms with Crippen LogP contribution < -0.4 is 4.74 Å². The van der Waals surface area contributed by atoms with Gasteiger partial charge in [-0.2, -0.15) is 11.8 Å². The molecular weight excluding hydrogens is 210 g/mol. The molecule has 0 fully saturated rings. The fourth-order valence-electron chi connectivity index (χ4n) is 1.67. The summed E-state index contributed by atoms with van der Waals surface area (Å²) in [4.78, 5) is 15.8. The van der Waals surface area contributed by atoms with E-state index in [1.54, 1.807) is 14.0 Å². The van der Waals surface area contributed by atoms with E-state index in [1.165, 1.54) is 5.56 Å². The van der Waals surface area contributed by atoms with Crippen LogP contribution in [-0.2, 0) is 12.2 Å². The number of fused-ring (bicyclic) bond motifs is 1. The number of pyridine rings is 1. The molecule has 0 radical (unpaired) electrons. The average molecular weight is 223 g/mol. The predicted octanol–water partition coefficient (Wildman–Crippen LogP) is 2.08. The van der Waals surface area contributed by atoms with E-state index in [0.717, 1.165) is 23.6 Å². The highest BCUT2D eigenvalue weighted by molar-refractivity contribution is 7.98. The fourth-order valence-corrected chi connectivity index (χ4v) is 2.63. The monoisotopic (exact) mass is 223 g/mol. The van der Waals surface area contributed by atoms with Crippen LogP contribution >= 0.6 is 11.8 Å². The topological polar surface area (TPSA) is 39.2 Å². The van der Waals surface area contributed by atoms with Gasteiger partial charge in [-0.3, -0.25) is 4.79 Å². The SMILES string of the molecule is COc1nc2c(cc1C(C)=O)CCSC2. The first kappa shape index (κ1) is 10.5. The largest absolute Gasteiger partial charge is 0.480 e. The van der Waals surface area contributed by atoms with Crippen molar-refractivity contribution in [2.45, 2.75) is 19.1 Å². The molecule has 1 aromatic heterocycles. The summed E-state index contributed by atoms with van der Waals surface area (Å²) in [6.45, 7) is 1.55. The van der Waals surface area contributed by atoms with E-state index in [0.29, 0.717) is 11.4 Å². The molecular formula is C11H13NO2S. The highest BCUT2D eigenvalue weighted by Gasteiger charge is 2.17. The second-order valence-electron chi connectivity index (χ2n) is 3.51. The maximum absolute atomic E-state index is 11.4. The van der Waals surface area contributed by atoms with Gasteiger partial charge in [-0.05, 0) is 30.7 Å². The summed E-state index contributed by atoms with van der Waals surface area (Å²) in [6.07, 6.45) is 0.997. The summed E-state index contributed by atoms with van der Waals surface area (Å²) in [5, 5.41) is 0. The third-order valence-electron chi connectivity index (χ3n) is 2.48. The number of hydrogen-bond acceptors (Lipinski definition) is 4. The van der Waals surface area contributed by atoms with Crippen LogP contribution in [-0.4, -0.2) is 23.6 Å². The van der Waals surface area contributed by atoms with Crippen LogP contribution in [0.5, 0.6) is 5.88 Å². The van der Waals surface area contributed by atoms with E-state index in [-0.39, 0.29) is 5.78 Å². The molecule has 0 saturated heterocycles. The number of aryl methyl sites for hydroxylation is 1. The van der Waals surface area contributed by atoms with Crippen LogP contribution in [0, 0.1) is 0 Å². The molecule has 15 heavy (non-hydrogen) atoms. The van der Waals surface area contributed by atoms with Gasteiger partial charge in [0.2, 0.25) is 5.88 Å². The molecule has 0 aromatic carbocycles. The van der Waals surface area contributed by atoms with E-state index < -0.39 is 0 Å². The summed E-state index contributed by atoms with van der Waals surface area (Å²) < 4.78 is 5.13. The van der Waals surface area contributed by atoms with Crippen molar-refractivity contribution in [3.05, 3.63) is 22.9 Å². The van der Waals surface area contributed by atoms with Crippen molar-refractivity contribution in [3.8, 4) is 5.88 Å². The Labute approximate surface area is 93.2 Å². The third-order valence-corrected chi connectivity index (χ3v) is 3.45. The van der Waals surface area contributed by atoms with Crippen LogP contribution in [0.3, 0.4) is 0 Å². The Morgan fingerprint density at radius 1 is 1.60 bits per heavy atom. The molecule has 1 aliphatic heterocycles. The lowest BCUT2D eigenvalue weighted by molar-refractivity contribution is 0.101. The predicted molar refractivity (Wildman–Crippen MR) is 60.7 cm³/mol. The summed E-state index contributed by atoms with van der Waals surface area (Å²) in [5.41, 5.74) is 2.86. The number of ether oxygens (including phenoxy) is 1. The molecule has 0 bridgehead atoms. The molecule has 0 aliphatic carbocycles. The van der Waals surface area contributed by atoms with Gasteiger partial charge >= 0.3 is 0 Å². The van der Waals surface area contributed by atoms with Gasteiger partial charge in [0.1, 0.15) is 0 Å². The Bertz CT molecular complexity index is 404. The van der Waals surface area contributed by atoms with Crippen molar-refractivity contribution >= 4 is 17.5 Å². The molecule has 0 spiro atoms. The summed E-state index contributed by atoms with van der Waals surface area (Å²) >= 11 is 1.87. The number of hydrogen-bond donors (Lipinski definition) is 0. The molecule has 0 saturated carbocycles. The number of methoxy groups -OCH3 is 1. The highest BCUT2D eigenvalue weighted by Crippen LogP contribution is 2.27. The first-order valence-corrected chi connectivity index (χ1v) is 6.03. The van der Waals surface area contributed by atoms with Gasteiger partial charge in [-0.25, -0.2) is 4.98 Å². The molecule has 1 aliphatic rings. The first-order valence-electron chi connectivity index (χ1n) is 4.88. The minimum Gasteiger partial charge on any atom is -0.480 e. The molecule has 1 aromatic rings. The zero-order valence-electron chi connectivity index (χ0n) is 8.87. The lowest BCUT2D eigenvalue weighted by atomic mass is 10.1. The van der Waals surface area contributed by atoms with E-state index in [2.05, 4.69) is 4.98 Å². The number of aromatic nitrogens is 1. The van der Waals surface area contributed by atoms with Gasteiger partial charge in [-0.15, -0.1) is 0 Å². The number of carbonyl (C=O) groups is 1. The molecule has 2 rings (SSSR count). The van der Waals surface area contributed by atoms with E-state index >= 15 is 0 Å². The first-order chi connectivity index (χ1) is 7.22. The molecule has 0 atom stereocenters. The number of Topliss-reactive ketones (excluding diaryl/α,β-unsaturated/α-hetero) is 1.